The Morgan fingerprint density at radius 1 is 1.21 bits per heavy atom. The maximum atomic E-state index is 11.7. The van der Waals surface area contributed by atoms with E-state index in [-0.39, 0.29) is 18.4 Å². The Balaban J connectivity index is 0.00000180. The van der Waals surface area contributed by atoms with Crippen LogP contribution in [0.3, 0.4) is 0 Å². The fourth-order valence-electron chi connectivity index (χ4n) is 1.82. The lowest BCUT2D eigenvalue weighted by Crippen LogP contribution is -2.30. The molecular formula is C14H19ClN2O2. The van der Waals surface area contributed by atoms with Crippen molar-refractivity contribution in [3.8, 4) is 0 Å². The third-order valence-corrected chi connectivity index (χ3v) is 3.11. The molecule has 0 saturated carbocycles. The molecular weight excluding hydrogens is 264 g/mol. The second-order valence-corrected chi connectivity index (χ2v) is 4.71. The molecule has 5 heteroatoms. The Hall–Kier alpha value is -1.39. The van der Waals surface area contributed by atoms with E-state index in [0.29, 0.717) is 5.56 Å². The first-order valence-electron chi connectivity index (χ1n) is 6.17. The third-order valence-electron chi connectivity index (χ3n) is 3.11. The van der Waals surface area contributed by atoms with E-state index in [2.05, 4.69) is 17.1 Å². The first-order valence-corrected chi connectivity index (χ1v) is 6.17. The molecule has 0 aliphatic carbocycles. The Morgan fingerprint density at radius 3 is 2.37 bits per heavy atom. The second-order valence-electron chi connectivity index (χ2n) is 4.71. The molecule has 1 aliphatic heterocycles. The minimum Gasteiger partial charge on any atom is -0.313 e. The summed E-state index contributed by atoms with van der Waals surface area (Å²) in [6.45, 7) is 3.93. The lowest BCUT2D eigenvalue weighted by molar-refractivity contribution is 0.0512. The zero-order valence-corrected chi connectivity index (χ0v) is 12.1. The molecule has 0 N–H and O–H groups in total. The molecule has 1 heterocycles. The summed E-state index contributed by atoms with van der Waals surface area (Å²) in [5, 5.41) is 3.96. The number of aryl methyl sites for hydroxylation is 1. The number of halogens is 1. The highest BCUT2D eigenvalue weighted by atomic mass is 35.5. The molecule has 0 atom stereocenters. The topological polar surface area (TPSA) is 41.9 Å². The largest absolute Gasteiger partial charge is 0.365 e. The van der Waals surface area contributed by atoms with Crippen molar-refractivity contribution in [3.63, 3.8) is 0 Å². The Morgan fingerprint density at radius 2 is 1.79 bits per heavy atom. The average Bonchev–Trinajstić information content (AvgIpc) is 2.38. The van der Waals surface area contributed by atoms with Gasteiger partial charge in [-0.05, 0) is 26.1 Å². The molecule has 1 aromatic rings. The van der Waals surface area contributed by atoms with Crippen molar-refractivity contribution in [1.29, 1.82) is 0 Å². The van der Waals surface area contributed by atoms with Gasteiger partial charge in [-0.2, -0.15) is 0 Å². The van der Waals surface area contributed by atoms with E-state index in [1.54, 1.807) is 12.1 Å². The second kappa shape index (κ2) is 7.26. The van der Waals surface area contributed by atoms with Gasteiger partial charge < -0.3 is 9.74 Å². The molecule has 0 bridgehead atoms. The van der Waals surface area contributed by atoms with E-state index in [9.17, 15) is 4.79 Å². The molecule has 0 unspecified atom stereocenters. The van der Waals surface area contributed by atoms with Crippen LogP contribution in [0.4, 0.5) is 0 Å². The van der Waals surface area contributed by atoms with Crippen LogP contribution in [0.15, 0.2) is 29.4 Å². The maximum Gasteiger partial charge on any atom is 0.365 e. The van der Waals surface area contributed by atoms with Crippen molar-refractivity contribution in [2.45, 2.75) is 19.8 Å². The van der Waals surface area contributed by atoms with Gasteiger partial charge >= 0.3 is 5.97 Å². The fraction of sp³-hybridized carbons (Fsp3) is 0.429. The van der Waals surface area contributed by atoms with Gasteiger partial charge in [-0.25, -0.2) is 4.79 Å². The molecule has 1 aromatic carbocycles. The van der Waals surface area contributed by atoms with Crippen LogP contribution in [0, 0.1) is 6.92 Å². The monoisotopic (exact) mass is 282 g/mol. The molecule has 0 amide bonds. The summed E-state index contributed by atoms with van der Waals surface area (Å²) in [4.78, 5) is 18.9. The van der Waals surface area contributed by atoms with Gasteiger partial charge in [0.2, 0.25) is 0 Å². The minimum absolute atomic E-state index is 0. The standard InChI is InChI=1S/C14H18N2O2.ClH/c1-11-3-5-12(6-4-11)14(17)18-15-13-7-9-16(2)10-8-13;/h3-6H,7-10H2,1-2H3;1H. The van der Waals surface area contributed by atoms with Gasteiger partial charge in [-0.1, -0.05) is 22.9 Å². The smallest absolute Gasteiger partial charge is 0.313 e. The molecule has 1 fully saturated rings. The quantitative estimate of drug-likeness (QED) is 0.619. The lowest BCUT2D eigenvalue weighted by atomic mass is 10.1. The molecule has 1 aliphatic rings. The molecule has 2 rings (SSSR count). The molecule has 1 saturated heterocycles. The van der Waals surface area contributed by atoms with Gasteiger partial charge in [0.15, 0.2) is 0 Å². The van der Waals surface area contributed by atoms with Crippen LogP contribution >= 0.6 is 12.4 Å². The summed E-state index contributed by atoms with van der Waals surface area (Å²) in [6.07, 6.45) is 1.75. The third kappa shape index (κ3) is 4.65. The van der Waals surface area contributed by atoms with Crippen LogP contribution in [0.25, 0.3) is 0 Å². The predicted molar refractivity (Wildman–Crippen MR) is 78.0 cm³/mol. The lowest BCUT2D eigenvalue weighted by Gasteiger charge is -2.22. The molecule has 0 radical (unpaired) electrons. The molecule has 4 nitrogen and oxygen atoms in total. The SMILES string of the molecule is Cc1ccc(C(=O)ON=C2CCN(C)CC2)cc1.Cl. The van der Waals surface area contributed by atoms with Crippen molar-refractivity contribution in [1.82, 2.24) is 4.90 Å². The molecule has 0 spiro atoms. The summed E-state index contributed by atoms with van der Waals surface area (Å²) in [5.41, 5.74) is 2.62. The zero-order chi connectivity index (χ0) is 13.0. The number of nitrogens with zero attached hydrogens (tertiary/aromatic N) is 2. The fourth-order valence-corrected chi connectivity index (χ4v) is 1.82. The first-order chi connectivity index (χ1) is 8.65. The van der Waals surface area contributed by atoms with Crippen molar-refractivity contribution >= 4 is 24.1 Å². The molecule has 0 aromatic heterocycles. The van der Waals surface area contributed by atoms with Crippen molar-refractivity contribution < 1.29 is 9.63 Å². The Bertz CT molecular complexity index is 447. The van der Waals surface area contributed by atoms with Gasteiger partial charge in [0.25, 0.3) is 0 Å². The number of carbonyl (C=O) groups is 1. The van der Waals surface area contributed by atoms with E-state index in [1.807, 2.05) is 19.1 Å². The van der Waals surface area contributed by atoms with Crippen LogP contribution in [0.5, 0.6) is 0 Å². The summed E-state index contributed by atoms with van der Waals surface area (Å²) in [6, 6.07) is 7.29. The number of carbonyl (C=O) groups excluding carboxylic acids is 1. The highest BCUT2D eigenvalue weighted by molar-refractivity contribution is 5.91. The summed E-state index contributed by atoms with van der Waals surface area (Å²) >= 11 is 0. The summed E-state index contributed by atoms with van der Waals surface area (Å²) in [7, 11) is 2.08. The van der Waals surface area contributed by atoms with E-state index >= 15 is 0 Å². The maximum absolute atomic E-state index is 11.7. The first kappa shape index (κ1) is 15.7. The average molecular weight is 283 g/mol. The van der Waals surface area contributed by atoms with E-state index in [1.165, 1.54) is 0 Å². The van der Waals surface area contributed by atoms with Gasteiger partial charge in [0.05, 0.1) is 11.3 Å². The van der Waals surface area contributed by atoms with Gasteiger partial charge in [0, 0.05) is 25.9 Å². The number of benzene rings is 1. The van der Waals surface area contributed by atoms with E-state index in [4.69, 9.17) is 4.84 Å². The minimum atomic E-state index is -0.388. The van der Waals surface area contributed by atoms with Gasteiger partial charge in [0.1, 0.15) is 0 Å². The number of hydrogen-bond acceptors (Lipinski definition) is 4. The van der Waals surface area contributed by atoms with Crippen molar-refractivity contribution in [2.24, 2.45) is 5.16 Å². The predicted octanol–water partition coefficient (Wildman–Crippen LogP) is 2.66. The highest BCUT2D eigenvalue weighted by Gasteiger charge is 2.13. The highest BCUT2D eigenvalue weighted by Crippen LogP contribution is 2.08. The summed E-state index contributed by atoms with van der Waals surface area (Å²) < 4.78 is 0. The van der Waals surface area contributed by atoms with Crippen LogP contribution in [-0.4, -0.2) is 36.7 Å². The number of piperidine rings is 1. The normalized spacial score (nSPS) is 15.6. The zero-order valence-electron chi connectivity index (χ0n) is 11.3. The van der Waals surface area contributed by atoms with Gasteiger partial charge in [-0.3, -0.25) is 0 Å². The number of oxime groups is 1. The molecule has 104 valence electrons. The van der Waals surface area contributed by atoms with Crippen molar-refractivity contribution in [3.05, 3.63) is 35.4 Å². The summed E-state index contributed by atoms with van der Waals surface area (Å²) in [5.74, 6) is -0.388. The van der Waals surface area contributed by atoms with Crippen LogP contribution in [0.1, 0.15) is 28.8 Å². The number of likely N-dealkylation sites (tertiary alicyclic amines) is 1. The van der Waals surface area contributed by atoms with Crippen LogP contribution < -0.4 is 0 Å². The van der Waals surface area contributed by atoms with E-state index in [0.717, 1.165) is 37.2 Å². The number of rotatable bonds is 2. The molecule has 19 heavy (non-hydrogen) atoms. The van der Waals surface area contributed by atoms with Gasteiger partial charge in [-0.15, -0.1) is 12.4 Å². The van der Waals surface area contributed by atoms with E-state index < -0.39 is 0 Å². The van der Waals surface area contributed by atoms with Crippen molar-refractivity contribution in [2.75, 3.05) is 20.1 Å². The van der Waals surface area contributed by atoms with Crippen LogP contribution in [-0.2, 0) is 4.84 Å². The Labute approximate surface area is 119 Å². The Kier molecular flexibility index (Phi) is 5.99. The number of hydrogen-bond donors (Lipinski definition) is 0. The van der Waals surface area contributed by atoms with Crippen LogP contribution in [0.2, 0.25) is 0 Å².